The maximum atomic E-state index is 11.5. The van der Waals surface area contributed by atoms with Gasteiger partial charge in [0.15, 0.2) is 0 Å². The highest BCUT2D eigenvalue weighted by molar-refractivity contribution is 5.91. The van der Waals surface area contributed by atoms with Gasteiger partial charge in [-0.3, -0.25) is 4.79 Å². The molecule has 1 amide bonds. The van der Waals surface area contributed by atoms with Gasteiger partial charge >= 0.3 is 5.97 Å². The molecule has 0 bridgehead atoms. The molecule has 1 heterocycles. The first-order valence-electron chi connectivity index (χ1n) is 5.48. The van der Waals surface area contributed by atoms with Crippen molar-refractivity contribution >= 4 is 17.6 Å². The monoisotopic (exact) mass is 236 g/mol. The van der Waals surface area contributed by atoms with Gasteiger partial charge in [-0.1, -0.05) is 13.8 Å². The summed E-state index contributed by atoms with van der Waals surface area (Å²) in [5.41, 5.74) is 0.480. The number of amides is 1. The van der Waals surface area contributed by atoms with Crippen molar-refractivity contribution < 1.29 is 14.7 Å². The Morgan fingerprint density at radius 3 is 2.59 bits per heavy atom. The van der Waals surface area contributed by atoms with Crippen molar-refractivity contribution in [1.82, 2.24) is 4.98 Å². The zero-order valence-electron chi connectivity index (χ0n) is 9.93. The number of carbonyl (C=O) groups excluding carboxylic acids is 1. The third kappa shape index (κ3) is 4.63. The van der Waals surface area contributed by atoms with Crippen LogP contribution in [0.1, 0.15) is 37.2 Å². The number of pyridine rings is 1. The van der Waals surface area contributed by atoms with E-state index in [-0.39, 0.29) is 11.6 Å². The van der Waals surface area contributed by atoms with Gasteiger partial charge in [-0.25, -0.2) is 9.78 Å². The summed E-state index contributed by atoms with van der Waals surface area (Å²) in [6, 6.07) is 2.89. The van der Waals surface area contributed by atoms with Crippen LogP contribution in [-0.4, -0.2) is 22.0 Å². The van der Waals surface area contributed by atoms with Crippen molar-refractivity contribution in [2.24, 2.45) is 5.92 Å². The lowest BCUT2D eigenvalue weighted by Gasteiger charge is -2.06. The molecule has 0 spiro atoms. The fraction of sp³-hybridized carbons (Fsp3) is 0.417. The second-order valence-corrected chi connectivity index (χ2v) is 4.22. The van der Waals surface area contributed by atoms with E-state index in [4.69, 9.17) is 5.11 Å². The molecule has 92 valence electrons. The maximum Gasteiger partial charge on any atom is 0.354 e. The predicted molar refractivity (Wildman–Crippen MR) is 63.9 cm³/mol. The van der Waals surface area contributed by atoms with Crippen molar-refractivity contribution in [3.8, 4) is 0 Å². The van der Waals surface area contributed by atoms with Crippen LogP contribution in [0, 0.1) is 5.92 Å². The van der Waals surface area contributed by atoms with Crippen LogP contribution >= 0.6 is 0 Å². The van der Waals surface area contributed by atoms with Gasteiger partial charge in [0.2, 0.25) is 5.91 Å². The van der Waals surface area contributed by atoms with Gasteiger partial charge in [0, 0.05) is 6.42 Å². The highest BCUT2D eigenvalue weighted by Gasteiger charge is 2.06. The number of hydrogen-bond donors (Lipinski definition) is 2. The first-order chi connectivity index (χ1) is 7.99. The van der Waals surface area contributed by atoms with E-state index in [0.717, 1.165) is 6.42 Å². The van der Waals surface area contributed by atoms with Crippen LogP contribution in [0.2, 0.25) is 0 Å². The Hall–Kier alpha value is -1.91. The van der Waals surface area contributed by atoms with Crippen molar-refractivity contribution in [3.05, 3.63) is 24.0 Å². The predicted octanol–water partition coefficient (Wildman–Crippen LogP) is 2.15. The summed E-state index contributed by atoms with van der Waals surface area (Å²) in [5, 5.41) is 11.3. The summed E-state index contributed by atoms with van der Waals surface area (Å²) in [4.78, 5) is 25.8. The van der Waals surface area contributed by atoms with Gasteiger partial charge in [-0.15, -0.1) is 0 Å². The summed E-state index contributed by atoms with van der Waals surface area (Å²) >= 11 is 0. The van der Waals surface area contributed by atoms with E-state index in [2.05, 4.69) is 24.1 Å². The summed E-state index contributed by atoms with van der Waals surface area (Å²) in [7, 11) is 0. The molecule has 0 aliphatic rings. The van der Waals surface area contributed by atoms with Crippen LogP contribution in [-0.2, 0) is 4.79 Å². The molecule has 17 heavy (non-hydrogen) atoms. The van der Waals surface area contributed by atoms with Gasteiger partial charge in [0.1, 0.15) is 5.69 Å². The molecule has 2 N–H and O–H groups in total. The summed E-state index contributed by atoms with van der Waals surface area (Å²) in [5.74, 6) is -0.681. The molecule has 0 aliphatic heterocycles. The minimum Gasteiger partial charge on any atom is -0.477 e. The molecule has 0 fully saturated rings. The van der Waals surface area contributed by atoms with Gasteiger partial charge in [0.05, 0.1) is 11.9 Å². The lowest BCUT2D eigenvalue weighted by Crippen LogP contribution is -2.12. The quantitative estimate of drug-likeness (QED) is 0.821. The van der Waals surface area contributed by atoms with Crippen LogP contribution in [0.4, 0.5) is 5.69 Å². The molecule has 1 aromatic heterocycles. The van der Waals surface area contributed by atoms with Crippen molar-refractivity contribution in [3.63, 3.8) is 0 Å². The minimum absolute atomic E-state index is 0.0369. The van der Waals surface area contributed by atoms with E-state index in [1.807, 2.05) is 0 Å². The van der Waals surface area contributed by atoms with Crippen LogP contribution in [0.15, 0.2) is 18.3 Å². The van der Waals surface area contributed by atoms with Crippen molar-refractivity contribution in [2.75, 3.05) is 5.32 Å². The fourth-order valence-corrected chi connectivity index (χ4v) is 1.24. The topological polar surface area (TPSA) is 79.3 Å². The standard InChI is InChI=1S/C12H16N2O3/c1-8(2)3-6-11(15)14-9-4-5-10(12(16)17)13-7-9/h4-5,7-8H,3,6H2,1-2H3,(H,14,15)(H,16,17). The SMILES string of the molecule is CC(C)CCC(=O)Nc1ccc(C(=O)O)nc1. The maximum absolute atomic E-state index is 11.5. The average Bonchev–Trinajstić information content (AvgIpc) is 2.27. The Morgan fingerprint density at radius 2 is 2.12 bits per heavy atom. The molecule has 0 saturated heterocycles. The number of nitrogens with zero attached hydrogens (tertiary/aromatic N) is 1. The summed E-state index contributed by atoms with van der Waals surface area (Å²) in [6.45, 7) is 4.10. The average molecular weight is 236 g/mol. The van der Waals surface area contributed by atoms with Gasteiger partial charge in [-0.05, 0) is 24.5 Å². The highest BCUT2D eigenvalue weighted by atomic mass is 16.4. The number of carbonyl (C=O) groups is 2. The van der Waals surface area contributed by atoms with Gasteiger partial charge in [0.25, 0.3) is 0 Å². The normalized spacial score (nSPS) is 10.3. The summed E-state index contributed by atoms with van der Waals surface area (Å²) in [6.07, 6.45) is 2.63. The molecule has 5 nitrogen and oxygen atoms in total. The lowest BCUT2D eigenvalue weighted by molar-refractivity contribution is -0.116. The van der Waals surface area contributed by atoms with Crippen LogP contribution in [0.25, 0.3) is 0 Å². The zero-order chi connectivity index (χ0) is 12.8. The first-order valence-corrected chi connectivity index (χ1v) is 5.48. The van der Waals surface area contributed by atoms with E-state index in [1.165, 1.54) is 18.3 Å². The van der Waals surface area contributed by atoms with E-state index >= 15 is 0 Å². The molecule has 5 heteroatoms. The number of carboxylic acids is 1. The molecule has 1 rings (SSSR count). The molecular weight excluding hydrogens is 220 g/mol. The molecule has 0 saturated carbocycles. The number of aromatic nitrogens is 1. The molecule has 0 aromatic carbocycles. The molecule has 0 atom stereocenters. The highest BCUT2D eigenvalue weighted by Crippen LogP contribution is 2.09. The Labute approximate surface area is 99.9 Å². The largest absolute Gasteiger partial charge is 0.477 e. The van der Waals surface area contributed by atoms with Crippen molar-refractivity contribution in [2.45, 2.75) is 26.7 Å². The Morgan fingerprint density at radius 1 is 1.41 bits per heavy atom. The van der Waals surface area contributed by atoms with Crippen LogP contribution in [0.5, 0.6) is 0 Å². The molecule has 0 unspecified atom stereocenters. The van der Waals surface area contributed by atoms with Gasteiger partial charge in [-0.2, -0.15) is 0 Å². The smallest absolute Gasteiger partial charge is 0.354 e. The minimum atomic E-state index is -1.08. The van der Waals surface area contributed by atoms with E-state index in [0.29, 0.717) is 18.0 Å². The molecule has 0 aliphatic carbocycles. The third-order valence-corrected chi connectivity index (χ3v) is 2.22. The van der Waals surface area contributed by atoms with Crippen molar-refractivity contribution in [1.29, 1.82) is 0 Å². The second-order valence-electron chi connectivity index (χ2n) is 4.22. The van der Waals surface area contributed by atoms with Crippen LogP contribution < -0.4 is 5.32 Å². The zero-order valence-corrected chi connectivity index (χ0v) is 9.93. The van der Waals surface area contributed by atoms with Crippen LogP contribution in [0.3, 0.4) is 0 Å². The van der Waals surface area contributed by atoms with Gasteiger partial charge < -0.3 is 10.4 Å². The second kappa shape index (κ2) is 5.98. The Bertz CT molecular complexity index is 399. The van der Waals surface area contributed by atoms with E-state index in [1.54, 1.807) is 0 Å². The number of carboxylic acid groups (broad SMARTS) is 1. The Balaban J connectivity index is 2.51. The molecular formula is C12H16N2O3. The number of aromatic carboxylic acids is 1. The van der Waals surface area contributed by atoms with E-state index < -0.39 is 5.97 Å². The first kappa shape index (κ1) is 13.2. The molecule has 1 aromatic rings. The molecule has 0 radical (unpaired) electrons. The fourth-order valence-electron chi connectivity index (χ4n) is 1.24. The lowest BCUT2D eigenvalue weighted by atomic mass is 10.1. The number of anilines is 1. The third-order valence-electron chi connectivity index (χ3n) is 2.22. The number of hydrogen-bond acceptors (Lipinski definition) is 3. The van der Waals surface area contributed by atoms with E-state index in [9.17, 15) is 9.59 Å². The number of nitrogens with one attached hydrogen (secondary N) is 1. The Kier molecular flexibility index (Phi) is 4.63. The number of rotatable bonds is 5. The summed E-state index contributed by atoms with van der Waals surface area (Å²) < 4.78 is 0.